The number of hydrogen-bond acceptors (Lipinski definition) is 2. The first-order chi connectivity index (χ1) is 7.78. The number of carbonyl (C=O) groups excluding carboxylic acids is 1. The molecule has 1 unspecified atom stereocenters. The third-order valence-corrected chi connectivity index (χ3v) is 4.12. The molecule has 1 aliphatic carbocycles. The lowest BCUT2D eigenvalue weighted by molar-refractivity contribution is -0.130. The van der Waals surface area contributed by atoms with Gasteiger partial charge in [-0.3, -0.25) is 4.79 Å². The van der Waals surface area contributed by atoms with E-state index in [0.29, 0.717) is 13.1 Å². The summed E-state index contributed by atoms with van der Waals surface area (Å²) < 4.78 is 0. The summed E-state index contributed by atoms with van der Waals surface area (Å²) in [7, 11) is 0. The molecule has 1 rings (SSSR count). The molecule has 3 N–H and O–H groups in total. The maximum absolute atomic E-state index is 12.2. The highest BCUT2D eigenvalue weighted by molar-refractivity contribution is 5.79. The monoisotopic (exact) mass is 240 g/mol. The number of carbonyl (C=O) groups is 1. The van der Waals surface area contributed by atoms with Gasteiger partial charge in [-0.15, -0.1) is 0 Å². The number of nitrogens with one attached hydrogen (secondary N) is 1. The van der Waals surface area contributed by atoms with E-state index in [0.717, 1.165) is 12.8 Å². The van der Waals surface area contributed by atoms with Crippen molar-refractivity contribution in [2.45, 2.75) is 53.4 Å². The minimum absolute atomic E-state index is 0.00549. The zero-order chi connectivity index (χ0) is 13.1. The molecule has 0 aromatic heterocycles. The van der Waals surface area contributed by atoms with Crippen LogP contribution in [-0.2, 0) is 4.79 Å². The maximum Gasteiger partial charge on any atom is 0.223 e. The Balaban J connectivity index is 2.52. The van der Waals surface area contributed by atoms with Gasteiger partial charge >= 0.3 is 0 Å². The number of nitrogens with two attached hydrogens (primary N) is 1. The molecule has 0 saturated heterocycles. The zero-order valence-electron chi connectivity index (χ0n) is 11.8. The minimum Gasteiger partial charge on any atom is -0.355 e. The van der Waals surface area contributed by atoms with Gasteiger partial charge in [0.2, 0.25) is 5.91 Å². The minimum atomic E-state index is -0.00549. The molecule has 1 atom stereocenters. The summed E-state index contributed by atoms with van der Waals surface area (Å²) >= 11 is 0. The average Bonchev–Trinajstić information content (AvgIpc) is 2.25. The number of rotatable bonds is 4. The highest BCUT2D eigenvalue weighted by Gasteiger charge is 2.37. The first kappa shape index (κ1) is 14.5. The van der Waals surface area contributed by atoms with Crippen LogP contribution in [0.4, 0.5) is 0 Å². The number of hydrogen-bond donors (Lipinski definition) is 2. The molecule has 0 aromatic carbocycles. The van der Waals surface area contributed by atoms with E-state index in [1.54, 1.807) is 0 Å². The van der Waals surface area contributed by atoms with E-state index in [1.165, 1.54) is 12.8 Å². The maximum atomic E-state index is 12.2. The fraction of sp³-hybridized carbons (Fsp3) is 0.929. The van der Waals surface area contributed by atoms with Crippen molar-refractivity contribution in [3.05, 3.63) is 0 Å². The van der Waals surface area contributed by atoms with E-state index in [4.69, 9.17) is 5.73 Å². The van der Waals surface area contributed by atoms with Gasteiger partial charge in [-0.25, -0.2) is 0 Å². The third-order valence-electron chi connectivity index (χ3n) is 4.12. The van der Waals surface area contributed by atoms with E-state index >= 15 is 0 Å². The van der Waals surface area contributed by atoms with Crippen molar-refractivity contribution in [1.82, 2.24) is 5.32 Å². The van der Waals surface area contributed by atoms with Gasteiger partial charge < -0.3 is 11.1 Å². The van der Waals surface area contributed by atoms with Crippen LogP contribution in [0.15, 0.2) is 0 Å². The van der Waals surface area contributed by atoms with Crippen molar-refractivity contribution in [1.29, 1.82) is 0 Å². The molecule has 1 amide bonds. The molecule has 3 nitrogen and oxygen atoms in total. The second kappa shape index (κ2) is 5.38. The molecular weight excluding hydrogens is 212 g/mol. The van der Waals surface area contributed by atoms with Crippen molar-refractivity contribution in [2.75, 3.05) is 13.1 Å². The molecule has 1 aliphatic rings. The van der Waals surface area contributed by atoms with Crippen LogP contribution in [0.1, 0.15) is 53.4 Å². The molecule has 0 aliphatic heterocycles. The lowest BCUT2D eigenvalue weighted by Gasteiger charge is -2.38. The molecule has 0 radical (unpaired) electrons. The molecule has 0 bridgehead atoms. The summed E-state index contributed by atoms with van der Waals surface area (Å²) in [6.07, 6.45) is 4.63. The highest BCUT2D eigenvalue weighted by atomic mass is 16.1. The van der Waals surface area contributed by atoms with Crippen LogP contribution >= 0.6 is 0 Å². The zero-order valence-corrected chi connectivity index (χ0v) is 11.8. The molecule has 0 heterocycles. The highest BCUT2D eigenvalue weighted by Crippen LogP contribution is 2.40. The van der Waals surface area contributed by atoms with Gasteiger partial charge in [0.1, 0.15) is 0 Å². The van der Waals surface area contributed by atoms with Crippen LogP contribution in [0.2, 0.25) is 0 Å². The van der Waals surface area contributed by atoms with Crippen LogP contribution in [0.3, 0.4) is 0 Å². The lowest BCUT2D eigenvalue weighted by atomic mass is 9.68. The van der Waals surface area contributed by atoms with Gasteiger partial charge in [0.25, 0.3) is 0 Å². The molecule has 17 heavy (non-hydrogen) atoms. The van der Waals surface area contributed by atoms with Gasteiger partial charge in [0, 0.05) is 12.5 Å². The van der Waals surface area contributed by atoms with E-state index in [1.807, 2.05) is 0 Å². The Morgan fingerprint density at radius 2 is 2.06 bits per heavy atom. The fourth-order valence-corrected chi connectivity index (χ4v) is 2.50. The van der Waals surface area contributed by atoms with Gasteiger partial charge in [0.15, 0.2) is 0 Å². The Hall–Kier alpha value is -0.570. The Kier molecular flexibility index (Phi) is 4.59. The van der Waals surface area contributed by atoms with Crippen LogP contribution in [0.25, 0.3) is 0 Å². The van der Waals surface area contributed by atoms with Crippen molar-refractivity contribution >= 4 is 5.91 Å². The molecule has 0 spiro atoms. The van der Waals surface area contributed by atoms with Gasteiger partial charge in [-0.1, -0.05) is 40.5 Å². The first-order valence-electron chi connectivity index (χ1n) is 6.76. The van der Waals surface area contributed by atoms with Crippen LogP contribution < -0.4 is 11.1 Å². The summed E-state index contributed by atoms with van der Waals surface area (Å²) in [5.41, 5.74) is 5.82. The fourth-order valence-electron chi connectivity index (χ4n) is 2.50. The quantitative estimate of drug-likeness (QED) is 0.792. The van der Waals surface area contributed by atoms with Crippen molar-refractivity contribution in [3.8, 4) is 0 Å². The summed E-state index contributed by atoms with van der Waals surface area (Å²) in [5.74, 6) is 0.390. The third kappa shape index (κ3) is 3.98. The van der Waals surface area contributed by atoms with E-state index < -0.39 is 0 Å². The van der Waals surface area contributed by atoms with Crippen molar-refractivity contribution in [3.63, 3.8) is 0 Å². The van der Waals surface area contributed by atoms with E-state index in [2.05, 4.69) is 33.0 Å². The normalized spacial score (nSPS) is 24.4. The largest absolute Gasteiger partial charge is 0.355 e. The predicted molar refractivity (Wildman–Crippen MR) is 71.6 cm³/mol. The van der Waals surface area contributed by atoms with Crippen molar-refractivity contribution < 1.29 is 4.79 Å². The summed E-state index contributed by atoms with van der Waals surface area (Å²) in [5, 5.41) is 3.08. The predicted octanol–water partition coefficient (Wildman–Crippen LogP) is 2.30. The summed E-state index contributed by atoms with van der Waals surface area (Å²) in [4.78, 5) is 12.2. The lowest BCUT2D eigenvalue weighted by Crippen LogP contribution is -2.45. The molecule has 3 heteroatoms. The summed E-state index contributed by atoms with van der Waals surface area (Å²) in [6, 6.07) is 0. The summed E-state index contributed by atoms with van der Waals surface area (Å²) in [6.45, 7) is 9.86. The van der Waals surface area contributed by atoms with E-state index in [-0.39, 0.29) is 22.7 Å². The van der Waals surface area contributed by atoms with Crippen molar-refractivity contribution in [2.24, 2.45) is 22.5 Å². The van der Waals surface area contributed by atoms with Crippen LogP contribution in [0.5, 0.6) is 0 Å². The van der Waals surface area contributed by atoms with Gasteiger partial charge in [-0.05, 0) is 30.2 Å². The molecule has 100 valence electrons. The van der Waals surface area contributed by atoms with E-state index in [9.17, 15) is 4.79 Å². The molecular formula is C14H28N2O. The number of amides is 1. The Morgan fingerprint density at radius 1 is 1.41 bits per heavy atom. The first-order valence-corrected chi connectivity index (χ1v) is 6.76. The molecule has 1 saturated carbocycles. The molecule has 1 fully saturated rings. The van der Waals surface area contributed by atoms with Gasteiger partial charge in [-0.2, -0.15) is 0 Å². The Bertz CT molecular complexity index is 271. The SMILES string of the molecule is CC(C)(CN)CNC(=O)C1CCCCC1(C)C. The average molecular weight is 240 g/mol. The van der Waals surface area contributed by atoms with Crippen LogP contribution in [0, 0.1) is 16.7 Å². The Labute approximate surface area is 106 Å². The Morgan fingerprint density at radius 3 is 2.59 bits per heavy atom. The van der Waals surface area contributed by atoms with Gasteiger partial charge in [0.05, 0.1) is 0 Å². The van der Waals surface area contributed by atoms with Crippen LogP contribution in [-0.4, -0.2) is 19.0 Å². The molecule has 0 aromatic rings. The smallest absolute Gasteiger partial charge is 0.223 e. The second-order valence-electron chi connectivity index (χ2n) is 6.87. The topological polar surface area (TPSA) is 55.1 Å². The second-order valence-corrected chi connectivity index (χ2v) is 6.87. The standard InChI is InChI=1S/C14H28N2O/c1-13(2,9-15)10-16-12(17)11-7-5-6-8-14(11,3)4/h11H,5-10,15H2,1-4H3,(H,16,17).